The van der Waals surface area contributed by atoms with Crippen LogP contribution >= 0.6 is 0 Å². The van der Waals surface area contributed by atoms with Crippen LogP contribution in [-0.4, -0.2) is 32.1 Å². The molecule has 1 aliphatic heterocycles. The van der Waals surface area contributed by atoms with Crippen LogP contribution in [0.3, 0.4) is 0 Å². The van der Waals surface area contributed by atoms with Crippen LogP contribution in [0.15, 0.2) is 48.5 Å². The topological polar surface area (TPSA) is 81.9 Å². The van der Waals surface area contributed by atoms with E-state index >= 15 is 0 Å². The summed E-state index contributed by atoms with van der Waals surface area (Å²) in [7, 11) is 1.51. The minimum atomic E-state index is -0.562. The number of primary amides is 1. The van der Waals surface area contributed by atoms with Gasteiger partial charge >= 0.3 is 0 Å². The number of aryl methyl sites for hydroxylation is 1. The molecule has 0 spiro atoms. The average Bonchev–Trinajstić information content (AvgIpc) is 2.70. The maximum atomic E-state index is 12.7. The van der Waals surface area contributed by atoms with Crippen molar-refractivity contribution in [3.8, 4) is 11.5 Å². The Balaban J connectivity index is 1.74. The summed E-state index contributed by atoms with van der Waals surface area (Å²) in [5.74, 6) is 0.266. The van der Waals surface area contributed by atoms with E-state index in [1.165, 1.54) is 12.7 Å². The van der Waals surface area contributed by atoms with Crippen molar-refractivity contribution in [3.63, 3.8) is 0 Å². The van der Waals surface area contributed by atoms with Crippen LogP contribution in [0.4, 0.5) is 5.69 Å². The normalized spacial score (nSPS) is 13.3. The summed E-state index contributed by atoms with van der Waals surface area (Å²) in [6.45, 7) is 0.488. The number of amides is 2. The van der Waals surface area contributed by atoms with E-state index in [1.807, 2.05) is 18.2 Å². The molecule has 0 saturated heterocycles. The molecule has 0 aromatic heterocycles. The minimum absolute atomic E-state index is 0.0600. The highest BCUT2D eigenvalue weighted by Gasteiger charge is 2.20. The van der Waals surface area contributed by atoms with E-state index in [4.69, 9.17) is 15.2 Å². The highest BCUT2D eigenvalue weighted by atomic mass is 16.5. The molecule has 3 rings (SSSR count). The van der Waals surface area contributed by atoms with E-state index in [9.17, 15) is 9.59 Å². The van der Waals surface area contributed by atoms with Gasteiger partial charge in [0.05, 0.1) is 7.11 Å². The van der Waals surface area contributed by atoms with Crippen molar-refractivity contribution >= 4 is 23.6 Å². The number of hydrogen-bond acceptors (Lipinski definition) is 4. The SMILES string of the molecule is COc1cc(/C=C/C(=O)N2CCCc3ccccc32)ccc1OCC(N)=O. The van der Waals surface area contributed by atoms with Crippen molar-refractivity contribution in [2.24, 2.45) is 5.73 Å². The molecule has 2 aromatic rings. The van der Waals surface area contributed by atoms with Crippen LogP contribution in [0.1, 0.15) is 17.5 Å². The number of methoxy groups -OCH3 is 1. The lowest BCUT2D eigenvalue weighted by Crippen LogP contribution is -2.34. The van der Waals surface area contributed by atoms with Crippen LogP contribution in [-0.2, 0) is 16.0 Å². The second kappa shape index (κ2) is 8.40. The molecule has 6 nitrogen and oxygen atoms in total. The number of carbonyl (C=O) groups excluding carboxylic acids is 2. The number of nitrogens with zero attached hydrogens (tertiary/aromatic N) is 1. The second-order valence-electron chi connectivity index (χ2n) is 6.22. The third-order valence-corrected chi connectivity index (χ3v) is 4.35. The molecule has 6 heteroatoms. The molecule has 0 aliphatic carbocycles. The number of carbonyl (C=O) groups is 2. The standard InChI is InChI=1S/C21H22N2O4/c1-26-19-13-15(8-10-18(19)27-14-20(22)24)9-11-21(25)23-12-4-6-16-5-2-3-7-17(16)23/h2-3,5,7-11,13H,4,6,12,14H2,1H3,(H2,22,24)/b11-9+. The summed E-state index contributed by atoms with van der Waals surface area (Å²) in [6.07, 6.45) is 5.24. The molecule has 0 fully saturated rings. The fourth-order valence-corrected chi connectivity index (χ4v) is 3.08. The van der Waals surface area contributed by atoms with Crippen molar-refractivity contribution < 1.29 is 19.1 Å². The zero-order valence-corrected chi connectivity index (χ0v) is 15.2. The number of para-hydroxylation sites is 1. The first-order valence-electron chi connectivity index (χ1n) is 8.75. The number of ether oxygens (including phenoxy) is 2. The highest BCUT2D eigenvalue weighted by molar-refractivity contribution is 6.04. The number of rotatable bonds is 6. The van der Waals surface area contributed by atoms with Crippen molar-refractivity contribution in [2.75, 3.05) is 25.2 Å². The van der Waals surface area contributed by atoms with Gasteiger partial charge in [-0.15, -0.1) is 0 Å². The molecule has 27 heavy (non-hydrogen) atoms. The summed E-state index contributed by atoms with van der Waals surface area (Å²) in [5, 5.41) is 0. The number of fused-ring (bicyclic) bond motifs is 1. The molecule has 140 valence electrons. The van der Waals surface area contributed by atoms with Gasteiger partial charge in [-0.25, -0.2) is 0 Å². The molecule has 0 atom stereocenters. The van der Waals surface area contributed by atoms with Gasteiger partial charge in [-0.2, -0.15) is 0 Å². The number of hydrogen-bond donors (Lipinski definition) is 1. The van der Waals surface area contributed by atoms with E-state index in [0.29, 0.717) is 18.0 Å². The molecule has 1 heterocycles. The van der Waals surface area contributed by atoms with Gasteiger partial charge in [0, 0.05) is 18.3 Å². The van der Waals surface area contributed by atoms with Gasteiger partial charge in [-0.3, -0.25) is 9.59 Å². The van der Waals surface area contributed by atoms with Gasteiger partial charge in [0.25, 0.3) is 11.8 Å². The van der Waals surface area contributed by atoms with Crippen molar-refractivity contribution in [2.45, 2.75) is 12.8 Å². The fourth-order valence-electron chi connectivity index (χ4n) is 3.08. The van der Waals surface area contributed by atoms with Crippen molar-refractivity contribution in [3.05, 3.63) is 59.7 Å². The van der Waals surface area contributed by atoms with Gasteiger partial charge in [0.1, 0.15) is 0 Å². The Labute approximate surface area is 158 Å². The highest BCUT2D eigenvalue weighted by Crippen LogP contribution is 2.29. The van der Waals surface area contributed by atoms with Crippen LogP contribution in [0, 0.1) is 0 Å². The first kappa shape index (κ1) is 18.5. The first-order chi connectivity index (χ1) is 13.1. The zero-order valence-electron chi connectivity index (χ0n) is 15.2. The van der Waals surface area contributed by atoms with Crippen LogP contribution in [0.5, 0.6) is 11.5 Å². The fraction of sp³-hybridized carbons (Fsp3) is 0.238. The summed E-state index contributed by atoms with van der Waals surface area (Å²) in [6, 6.07) is 13.2. The Morgan fingerprint density at radius 1 is 1.19 bits per heavy atom. The van der Waals surface area contributed by atoms with Crippen molar-refractivity contribution in [1.29, 1.82) is 0 Å². The van der Waals surface area contributed by atoms with E-state index in [0.717, 1.165) is 24.1 Å². The zero-order chi connectivity index (χ0) is 19.2. The summed E-state index contributed by atoms with van der Waals surface area (Å²) >= 11 is 0. The molecular formula is C21H22N2O4. The predicted octanol–water partition coefficient (Wildman–Crippen LogP) is 2.55. The molecule has 0 bridgehead atoms. The van der Waals surface area contributed by atoms with Gasteiger partial charge in [-0.05, 0) is 48.2 Å². The lowest BCUT2D eigenvalue weighted by Gasteiger charge is -2.28. The largest absolute Gasteiger partial charge is 0.493 e. The lowest BCUT2D eigenvalue weighted by atomic mass is 10.0. The number of anilines is 1. The molecule has 0 radical (unpaired) electrons. The maximum absolute atomic E-state index is 12.7. The van der Waals surface area contributed by atoms with E-state index in [1.54, 1.807) is 35.3 Å². The summed E-state index contributed by atoms with van der Waals surface area (Å²) in [5.41, 5.74) is 8.05. The molecule has 2 amide bonds. The number of nitrogens with two attached hydrogens (primary N) is 1. The van der Waals surface area contributed by atoms with E-state index in [2.05, 4.69) is 6.07 Å². The molecule has 2 N–H and O–H groups in total. The Kier molecular flexibility index (Phi) is 5.76. The molecule has 1 aliphatic rings. The van der Waals surface area contributed by atoms with Crippen LogP contribution in [0.25, 0.3) is 6.08 Å². The predicted molar refractivity (Wildman–Crippen MR) is 104 cm³/mol. The molecule has 0 saturated carbocycles. The minimum Gasteiger partial charge on any atom is -0.493 e. The quantitative estimate of drug-likeness (QED) is 0.797. The monoisotopic (exact) mass is 366 g/mol. The lowest BCUT2D eigenvalue weighted by molar-refractivity contribution is -0.120. The van der Waals surface area contributed by atoms with E-state index < -0.39 is 5.91 Å². The smallest absolute Gasteiger partial charge is 0.255 e. The summed E-state index contributed by atoms with van der Waals surface area (Å²) < 4.78 is 10.6. The maximum Gasteiger partial charge on any atom is 0.255 e. The Morgan fingerprint density at radius 3 is 2.78 bits per heavy atom. The van der Waals surface area contributed by atoms with Gasteiger partial charge in [0.15, 0.2) is 18.1 Å². The Hall–Kier alpha value is -3.28. The van der Waals surface area contributed by atoms with E-state index in [-0.39, 0.29) is 12.5 Å². The summed E-state index contributed by atoms with van der Waals surface area (Å²) in [4.78, 5) is 25.3. The molecule has 0 unspecified atom stereocenters. The molecular weight excluding hydrogens is 344 g/mol. The Morgan fingerprint density at radius 2 is 2.00 bits per heavy atom. The van der Waals surface area contributed by atoms with Gasteiger partial charge in [-0.1, -0.05) is 24.3 Å². The third-order valence-electron chi connectivity index (χ3n) is 4.35. The first-order valence-corrected chi connectivity index (χ1v) is 8.75. The van der Waals surface area contributed by atoms with Gasteiger partial charge < -0.3 is 20.1 Å². The number of benzene rings is 2. The second-order valence-corrected chi connectivity index (χ2v) is 6.22. The van der Waals surface area contributed by atoms with Gasteiger partial charge in [0.2, 0.25) is 0 Å². The van der Waals surface area contributed by atoms with Crippen LogP contribution in [0.2, 0.25) is 0 Å². The average molecular weight is 366 g/mol. The Bertz CT molecular complexity index is 876. The molecule has 2 aromatic carbocycles. The third kappa shape index (κ3) is 4.47. The van der Waals surface area contributed by atoms with Crippen molar-refractivity contribution in [1.82, 2.24) is 0 Å². The van der Waals surface area contributed by atoms with Crippen LogP contribution < -0.4 is 20.1 Å².